The molecule has 0 saturated heterocycles. The third-order valence-corrected chi connectivity index (χ3v) is 6.48. The molecule has 164 valence electrons. The highest BCUT2D eigenvalue weighted by molar-refractivity contribution is 7.16. The number of nitrogens with zero attached hydrogens (tertiary/aromatic N) is 1. The van der Waals surface area contributed by atoms with Crippen LogP contribution in [-0.2, 0) is 6.42 Å². The number of hydrogen-bond donors (Lipinski definition) is 1. The van der Waals surface area contributed by atoms with Crippen molar-refractivity contribution in [2.24, 2.45) is 0 Å². The number of carbonyl (C=O) groups excluding carboxylic acids is 1. The minimum atomic E-state index is -0.252. The zero-order valence-corrected chi connectivity index (χ0v) is 18.9. The second kappa shape index (κ2) is 9.75. The van der Waals surface area contributed by atoms with Crippen molar-refractivity contribution in [2.45, 2.75) is 33.1 Å². The number of anilines is 1. The fourth-order valence-corrected chi connectivity index (χ4v) is 4.59. The molecule has 0 saturated carbocycles. The molecule has 0 spiro atoms. The van der Waals surface area contributed by atoms with Gasteiger partial charge in [-0.15, -0.1) is 11.3 Å². The van der Waals surface area contributed by atoms with Gasteiger partial charge in [-0.3, -0.25) is 4.79 Å². The van der Waals surface area contributed by atoms with Crippen molar-refractivity contribution >= 4 is 22.2 Å². The van der Waals surface area contributed by atoms with Crippen molar-refractivity contribution in [1.29, 1.82) is 5.26 Å². The molecular formula is C25H24N2O4S. The summed E-state index contributed by atoms with van der Waals surface area (Å²) in [4.78, 5) is 13.8. The molecule has 0 unspecified atom stereocenters. The van der Waals surface area contributed by atoms with Crippen molar-refractivity contribution in [1.82, 2.24) is 0 Å². The average Bonchev–Trinajstić information content (AvgIpc) is 3.38. The lowest BCUT2D eigenvalue weighted by atomic mass is 10.1. The fraction of sp³-hybridized carbons (Fsp3) is 0.280. The summed E-state index contributed by atoms with van der Waals surface area (Å²) in [6, 6.07) is 15.1. The largest absolute Gasteiger partial charge is 0.494 e. The first-order valence-electron chi connectivity index (χ1n) is 10.5. The van der Waals surface area contributed by atoms with Gasteiger partial charge in [0.05, 0.1) is 12.2 Å². The Labute approximate surface area is 191 Å². The Balaban J connectivity index is 1.48. The number of carbonyl (C=O) groups is 1. The predicted octanol–water partition coefficient (Wildman–Crippen LogP) is 5.68. The topological polar surface area (TPSA) is 80.6 Å². The number of ether oxygens (including phenoxy) is 3. The van der Waals surface area contributed by atoms with E-state index >= 15 is 0 Å². The predicted molar refractivity (Wildman–Crippen MR) is 124 cm³/mol. The molecule has 4 rings (SSSR count). The van der Waals surface area contributed by atoms with Gasteiger partial charge in [0.1, 0.15) is 16.8 Å². The molecular weight excluding hydrogens is 424 g/mol. The molecule has 1 aliphatic rings. The quantitative estimate of drug-likeness (QED) is 0.449. The van der Waals surface area contributed by atoms with Crippen LogP contribution in [0.25, 0.3) is 0 Å². The van der Waals surface area contributed by atoms with E-state index in [9.17, 15) is 10.1 Å². The lowest BCUT2D eigenvalue weighted by Gasteiger charge is -2.07. The summed E-state index contributed by atoms with van der Waals surface area (Å²) in [6.45, 7) is 4.92. The minimum absolute atomic E-state index is 0.234. The van der Waals surface area contributed by atoms with E-state index in [1.165, 1.54) is 11.3 Å². The molecule has 32 heavy (non-hydrogen) atoms. The van der Waals surface area contributed by atoms with Crippen LogP contribution in [0.15, 0.2) is 42.5 Å². The molecule has 6 nitrogen and oxygen atoms in total. The molecule has 0 fully saturated rings. The lowest BCUT2D eigenvalue weighted by molar-refractivity contribution is 0.102. The summed E-state index contributed by atoms with van der Waals surface area (Å²) in [5.74, 6) is 1.96. The first-order chi connectivity index (χ1) is 15.6. The van der Waals surface area contributed by atoms with Crippen molar-refractivity contribution < 1.29 is 19.0 Å². The highest BCUT2D eigenvalue weighted by Gasteiger charge is 2.19. The number of amides is 1. The van der Waals surface area contributed by atoms with Crippen molar-refractivity contribution in [3.8, 4) is 23.3 Å². The average molecular weight is 449 g/mol. The molecule has 0 aliphatic carbocycles. The van der Waals surface area contributed by atoms with Gasteiger partial charge in [-0.1, -0.05) is 19.4 Å². The van der Waals surface area contributed by atoms with Crippen molar-refractivity contribution in [3.05, 3.63) is 69.6 Å². The van der Waals surface area contributed by atoms with E-state index in [1.54, 1.807) is 24.3 Å². The molecule has 2 aromatic carbocycles. The smallest absolute Gasteiger partial charge is 0.256 e. The Kier molecular flexibility index (Phi) is 6.62. The molecule has 7 heteroatoms. The zero-order chi connectivity index (χ0) is 22.5. The molecule has 0 radical (unpaired) electrons. The van der Waals surface area contributed by atoms with Gasteiger partial charge in [0.15, 0.2) is 11.5 Å². The highest BCUT2D eigenvalue weighted by Crippen LogP contribution is 2.37. The zero-order valence-electron chi connectivity index (χ0n) is 18.1. The van der Waals surface area contributed by atoms with Crippen LogP contribution in [0.2, 0.25) is 0 Å². The summed E-state index contributed by atoms with van der Waals surface area (Å²) in [5.41, 5.74) is 2.95. The van der Waals surface area contributed by atoms with E-state index in [2.05, 4.69) is 18.3 Å². The van der Waals surface area contributed by atoms with Crippen molar-refractivity contribution in [3.63, 3.8) is 0 Å². The number of thiophene rings is 1. The first kappa shape index (κ1) is 21.7. The van der Waals surface area contributed by atoms with Crippen LogP contribution in [0.4, 0.5) is 5.00 Å². The summed E-state index contributed by atoms with van der Waals surface area (Å²) in [7, 11) is 0. The number of nitriles is 1. The number of nitrogens with one attached hydrogen (secondary N) is 1. The second-order valence-electron chi connectivity index (χ2n) is 7.51. The number of hydrogen-bond acceptors (Lipinski definition) is 6. The van der Waals surface area contributed by atoms with Crippen LogP contribution in [0, 0.1) is 18.3 Å². The van der Waals surface area contributed by atoms with Crippen LogP contribution in [0.5, 0.6) is 17.2 Å². The van der Waals surface area contributed by atoms with Crippen LogP contribution in [0.3, 0.4) is 0 Å². The minimum Gasteiger partial charge on any atom is -0.494 e. The van der Waals surface area contributed by atoms with Gasteiger partial charge < -0.3 is 19.5 Å². The number of benzene rings is 2. The Morgan fingerprint density at radius 2 is 1.97 bits per heavy atom. The third-order valence-electron chi connectivity index (χ3n) is 5.27. The molecule has 0 atom stereocenters. The number of rotatable bonds is 8. The van der Waals surface area contributed by atoms with Gasteiger partial charge in [0.25, 0.3) is 5.91 Å². The Hall–Kier alpha value is -3.50. The molecule has 1 aromatic heterocycles. The summed E-state index contributed by atoms with van der Waals surface area (Å²) in [5, 5.41) is 13.2. The maximum absolute atomic E-state index is 12.8. The van der Waals surface area contributed by atoms with Gasteiger partial charge in [0, 0.05) is 16.9 Å². The molecule has 1 amide bonds. The molecule has 0 bridgehead atoms. The van der Waals surface area contributed by atoms with E-state index < -0.39 is 0 Å². The van der Waals surface area contributed by atoms with E-state index in [0.717, 1.165) is 46.1 Å². The molecule has 1 N–H and O–H groups in total. The van der Waals surface area contributed by atoms with Crippen LogP contribution < -0.4 is 19.5 Å². The SMILES string of the molecule is CCCCOc1ccc(C(=O)Nc2sc(Cc3ccc4c(c3)OCO4)c(C)c2C#N)cc1. The monoisotopic (exact) mass is 448 g/mol. The third kappa shape index (κ3) is 4.71. The Morgan fingerprint density at radius 1 is 1.19 bits per heavy atom. The maximum atomic E-state index is 12.8. The molecule has 2 heterocycles. The van der Waals surface area contributed by atoms with Gasteiger partial charge >= 0.3 is 0 Å². The molecule has 1 aliphatic heterocycles. The molecule has 3 aromatic rings. The Bertz CT molecular complexity index is 1160. The maximum Gasteiger partial charge on any atom is 0.256 e. The van der Waals surface area contributed by atoms with Gasteiger partial charge in [-0.2, -0.15) is 5.26 Å². The highest BCUT2D eigenvalue weighted by atomic mass is 32.1. The van der Waals surface area contributed by atoms with E-state index in [1.807, 2.05) is 25.1 Å². The number of unbranched alkanes of at least 4 members (excludes halogenated alkanes) is 1. The summed E-state index contributed by atoms with van der Waals surface area (Å²) >= 11 is 1.43. The fourth-order valence-electron chi connectivity index (χ4n) is 3.40. The normalized spacial score (nSPS) is 11.8. The first-order valence-corrected chi connectivity index (χ1v) is 11.4. The van der Waals surface area contributed by atoms with Crippen molar-refractivity contribution in [2.75, 3.05) is 18.7 Å². The number of fused-ring (bicyclic) bond motifs is 1. The summed E-state index contributed by atoms with van der Waals surface area (Å²) in [6.07, 6.45) is 2.70. The van der Waals surface area contributed by atoms with E-state index in [0.29, 0.717) is 29.2 Å². The van der Waals surface area contributed by atoms with Gasteiger partial charge in [0.2, 0.25) is 6.79 Å². The Morgan fingerprint density at radius 3 is 2.72 bits per heavy atom. The lowest BCUT2D eigenvalue weighted by Crippen LogP contribution is -2.11. The van der Waals surface area contributed by atoms with Crippen LogP contribution >= 0.6 is 11.3 Å². The van der Waals surface area contributed by atoms with Crippen LogP contribution in [-0.4, -0.2) is 19.3 Å². The second-order valence-corrected chi connectivity index (χ2v) is 8.62. The summed E-state index contributed by atoms with van der Waals surface area (Å²) < 4.78 is 16.5. The van der Waals surface area contributed by atoms with Crippen LogP contribution in [0.1, 0.15) is 51.7 Å². The van der Waals surface area contributed by atoms with Gasteiger partial charge in [-0.25, -0.2) is 0 Å². The van der Waals surface area contributed by atoms with Gasteiger partial charge in [-0.05, 0) is 60.9 Å². The van der Waals surface area contributed by atoms with E-state index in [-0.39, 0.29) is 12.7 Å². The standard InChI is InChI=1S/C25H24N2O4S/c1-3-4-11-29-19-8-6-18(7-9-19)24(28)27-25-20(14-26)16(2)23(32-25)13-17-5-10-21-22(12-17)31-15-30-21/h5-10,12H,3-4,11,13,15H2,1-2H3,(H,27,28). The van der Waals surface area contributed by atoms with E-state index in [4.69, 9.17) is 14.2 Å².